The van der Waals surface area contributed by atoms with Crippen molar-refractivity contribution < 1.29 is 14.0 Å². The third-order valence-corrected chi connectivity index (χ3v) is 3.67. The van der Waals surface area contributed by atoms with Gasteiger partial charge in [-0.2, -0.15) is 0 Å². The van der Waals surface area contributed by atoms with E-state index in [2.05, 4.69) is 26.6 Å². The van der Waals surface area contributed by atoms with Crippen LogP contribution in [0.1, 0.15) is 34.6 Å². The summed E-state index contributed by atoms with van der Waals surface area (Å²) in [6, 6.07) is 10.9. The van der Waals surface area contributed by atoms with Gasteiger partial charge in [0.2, 0.25) is 5.91 Å². The van der Waals surface area contributed by atoms with Gasteiger partial charge in [-0.05, 0) is 53.0 Å². The Labute approximate surface area is 137 Å². The van der Waals surface area contributed by atoms with Crippen molar-refractivity contribution in [3.63, 3.8) is 0 Å². The lowest BCUT2D eigenvalue weighted by Gasteiger charge is -2.16. The first kappa shape index (κ1) is 16.3. The van der Waals surface area contributed by atoms with Crippen molar-refractivity contribution in [2.45, 2.75) is 19.9 Å². The summed E-state index contributed by atoms with van der Waals surface area (Å²) in [7, 11) is 0. The highest BCUT2D eigenvalue weighted by Gasteiger charge is 2.14. The second-order valence-electron chi connectivity index (χ2n) is 4.93. The lowest BCUT2D eigenvalue weighted by Crippen LogP contribution is -2.38. The Morgan fingerprint density at radius 2 is 1.95 bits per heavy atom. The van der Waals surface area contributed by atoms with Gasteiger partial charge < -0.3 is 15.1 Å². The molecule has 1 atom stereocenters. The van der Waals surface area contributed by atoms with E-state index in [-0.39, 0.29) is 24.3 Å². The van der Waals surface area contributed by atoms with E-state index in [0.717, 1.165) is 11.1 Å². The zero-order valence-corrected chi connectivity index (χ0v) is 13.9. The zero-order valence-electron chi connectivity index (χ0n) is 12.4. The molecule has 1 aromatic heterocycles. The number of carbonyl (C=O) groups is 2. The summed E-state index contributed by atoms with van der Waals surface area (Å²) < 4.78 is 5.58. The van der Waals surface area contributed by atoms with Crippen molar-refractivity contribution in [1.29, 1.82) is 0 Å². The molecule has 0 fully saturated rings. The zero-order chi connectivity index (χ0) is 16.1. The fourth-order valence-corrected chi connectivity index (χ4v) is 2.43. The number of benzene rings is 1. The van der Waals surface area contributed by atoms with Crippen LogP contribution in [0.5, 0.6) is 0 Å². The number of rotatable bonds is 5. The van der Waals surface area contributed by atoms with E-state index in [9.17, 15) is 9.59 Å². The van der Waals surface area contributed by atoms with Crippen molar-refractivity contribution in [2.75, 3.05) is 6.54 Å². The lowest BCUT2D eigenvalue weighted by molar-refractivity contribution is -0.120. The maximum Gasteiger partial charge on any atom is 0.287 e. The molecule has 0 saturated heterocycles. The van der Waals surface area contributed by atoms with Crippen molar-refractivity contribution >= 4 is 27.7 Å². The maximum atomic E-state index is 11.9. The lowest BCUT2D eigenvalue weighted by atomic mass is 10.0. The van der Waals surface area contributed by atoms with Crippen LogP contribution in [0, 0.1) is 6.92 Å². The van der Waals surface area contributed by atoms with E-state index in [1.807, 2.05) is 38.1 Å². The molecular weight excluding hydrogens is 348 g/mol. The highest BCUT2D eigenvalue weighted by molar-refractivity contribution is 9.10. The second-order valence-corrected chi connectivity index (χ2v) is 5.71. The van der Waals surface area contributed by atoms with E-state index >= 15 is 0 Å². The van der Waals surface area contributed by atoms with Crippen molar-refractivity contribution in [3.05, 3.63) is 58.0 Å². The van der Waals surface area contributed by atoms with Crippen LogP contribution in [0.4, 0.5) is 0 Å². The van der Waals surface area contributed by atoms with Gasteiger partial charge in [-0.1, -0.05) is 24.3 Å². The largest absolute Gasteiger partial charge is 0.444 e. The van der Waals surface area contributed by atoms with Crippen LogP contribution in [-0.4, -0.2) is 18.4 Å². The fraction of sp³-hybridized carbons (Fsp3) is 0.250. The van der Waals surface area contributed by atoms with Crippen LogP contribution in [-0.2, 0) is 4.79 Å². The van der Waals surface area contributed by atoms with Crippen LogP contribution in [0.3, 0.4) is 0 Å². The Hall–Kier alpha value is -2.08. The summed E-state index contributed by atoms with van der Waals surface area (Å²) in [6.07, 6.45) is 0. The molecule has 0 radical (unpaired) electrons. The van der Waals surface area contributed by atoms with Gasteiger partial charge in [0.25, 0.3) is 5.91 Å². The average molecular weight is 365 g/mol. The molecule has 0 spiro atoms. The van der Waals surface area contributed by atoms with Gasteiger partial charge in [-0.15, -0.1) is 0 Å². The molecule has 1 heterocycles. The maximum absolute atomic E-state index is 11.9. The van der Waals surface area contributed by atoms with Gasteiger partial charge >= 0.3 is 0 Å². The first-order valence-corrected chi connectivity index (χ1v) is 7.65. The van der Waals surface area contributed by atoms with Crippen molar-refractivity contribution in [3.8, 4) is 0 Å². The van der Waals surface area contributed by atoms with E-state index in [1.54, 1.807) is 6.07 Å². The van der Waals surface area contributed by atoms with Gasteiger partial charge in [0.15, 0.2) is 10.4 Å². The first-order valence-electron chi connectivity index (χ1n) is 6.86. The van der Waals surface area contributed by atoms with Gasteiger partial charge in [0.05, 0.1) is 12.6 Å². The Bertz CT molecular complexity index is 682. The Morgan fingerprint density at radius 3 is 2.59 bits per heavy atom. The number of halogens is 1. The molecule has 2 rings (SSSR count). The summed E-state index contributed by atoms with van der Waals surface area (Å²) in [5, 5.41) is 5.37. The van der Waals surface area contributed by atoms with Gasteiger partial charge in [0, 0.05) is 0 Å². The number of aryl methyl sites for hydroxylation is 1. The highest BCUT2D eigenvalue weighted by Crippen LogP contribution is 2.16. The van der Waals surface area contributed by atoms with Crippen LogP contribution >= 0.6 is 15.9 Å². The predicted molar refractivity (Wildman–Crippen MR) is 86.5 cm³/mol. The number of carbonyl (C=O) groups excluding carboxylic acids is 2. The monoisotopic (exact) mass is 364 g/mol. The van der Waals surface area contributed by atoms with Crippen molar-refractivity contribution in [2.24, 2.45) is 0 Å². The molecule has 116 valence electrons. The second kappa shape index (κ2) is 7.26. The Morgan fingerprint density at radius 1 is 1.23 bits per heavy atom. The summed E-state index contributed by atoms with van der Waals surface area (Å²) >= 11 is 3.12. The first-order chi connectivity index (χ1) is 10.5. The normalized spacial score (nSPS) is 11.8. The minimum Gasteiger partial charge on any atom is -0.444 e. The molecule has 0 aliphatic carbocycles. The fourth-order valence-electron chi connectivity index (χ4n) is 2.13. The summed E-state index contributed by atoms with van der Waals surface area (Å²) in [6.45, 7) is 3.80. The molecule has 1 unspecified atom stereocenters. The van der Waals surface area contributed by atoms with Crippen LogP contribution in [0.15, 0.2) is 45.5 Å². The number of hydrogen-bond acceptors (Lipinski definition) is 3. The standard InChI is InChI=1S/C16H17BrN2O3/c1-10-5-3-4-6-12(10)11(2)19-15(20)9-18-16(21)13-7-8-14(17)22-13/h3-8,11H,9H2,1-2H3,(H,18,21)(H,19,20). The van der Waals surface area contributed by atoms with E-state index in [0.29, 0.717) is 4.67 Å². The minimum atomic E-state index is -0.426. The summed E-state index contributed by atoms with van der Waals surface area (Å²) in [5.41, 5.74) is 2.16. The highest BCUT2D eigenvalue weighted by atomic mass is 79.9. The molecule has 6 heteroatoms. The molecule has 2 amide bonds. The van der Waals surface area contributed by atoms with Gasteiger partial charge in [-0.25, -0.2) is 0 Å². The molecule has 5 nitrogen and oxygen atoms in total. The minimum absolute atomic E-state index is 0.104. The summed E-state index contributed by atoms with van der Waals surface area (Å²) in [4.78, 5) is 23.7. The van der Waals surface area contributed by atoms with Crippen LogP contribution in [0.2, 0.25) is 0 Å². The molecule has 0 bridgehead atoms. The predicted octanol–water partition coefficient (Wildman–Crippen LogP) is 2.96. The Kier molecular flexibility index (Phi) is 5.38. The third kappa shape index (κ3) is 4.21. The Balaban J connectivity index is 1.85. The molecule has 0 saturated carbocycles. The SMILES string of the molecule is Cc1ccccc1C(C)NC(=O)CNC(=O)c1ccc(Br)o1. The molecule has 2 aromatic rings. The van der Waals surface area contributed by atoms with E-state index < -0.39 is 5.91 Å². The third-order valence-electron chi connectivity index (χ3n) is 3.24. The van der Waals surface area contributed by atoms with E-state index in [4.69, 9.17) is 4.42 Å². The molecule has 1 aromatic carbocycles. The smallest absolute Gasteiger partial charge is 0.287 e. The van der Waals surface area contributed by atoms with E-state index in [1.165, 1.54) is 6.07 Å². The number of amides is 2. The number of furan rings is 1. The molecule has 22 heavy (non-hydrogen) atoms. The average Bonchev–Trinajstić information content (AvgIpc) is 2.91. The van der Waals surface area contributed by atoms with Gasteiger partial charge in [-0.3, -0.25) is 9.59 Å². The number of hydrogen-bond donors (Lipinski definition) is 2. The number of nitrogens with one attached hydrogen (secondary N) is 2. The summed E-state index contributed by atoms with van der Waals surface area (Å²) in [5.74, 6) is -0.522. The molecule has 0 aliphatic heterocycles. The van der Waals surface area contributed by atoms with Gasteiger partial charge in [0.1, 0.15) is 0 Å². The van der Waals surface area contributed by atoms with Crippen LogP contribution in [0.25, 0.3) is 0 Å². The van der Waals surface area contributed by atoms with Crippen molar-refractivity contribution in [1.82, 2.24) is 10.6 Å². The molecule has 0 aliphatic rings. The quantitative estimate of drug-likeness (QED) is 0.856. The van der Waals surface area contributed by atoms with Crippen LogP contribution < -0.4 is 10.6 Å². The molecular formula is C16H17BrN2O3. The molecule has 2 N–H and O–H groups in total. The topological polar surface area (TPSA) is 71.3 Å².